The van der Waals surface area contributed by atoms with Gasteiger partial charge in [-0.25, -0.2) is 0 Å². The minimum Gasteiger partial charge on any atom is -0.497 e. The molecule has 7 nitrogen and oxygen atoms in total. The van der Waals surface area contributed by atoms with Crippen molar-refractivity contribution in [2.24, 2.45) is 0 Å². The fourth-order valence-corrected chi connectivity index (χ4v) is 3.85. The fraction of sp³-hybridized carbons (Fsp3) is 0.433. The number of carbonyl (C=O) groups is 3. The molecule has 1 N–H and O–H groups in total. The number of Topliss-reactive ketones (excluding diaryl/α,β-unsaturated/α-hetero) is 1. The molecule has 2 rings (SSSR count). The van der Waals surface area contributed by atoms with Crippen molar-refractivity contribution in [2.45, 2.75) is 57.8 Å². The first-order valence-corrected chi connectivity index (χ1v) is 12.8. The highest BCUT2D eigenvalue weighted by molar-refractivity contribution is 5.98. The average molecular weight is 510 g/mol. The smallest absolute Gasteiger partial charge is 0.303 e. The van der Waals surface area contributed by atoms with Gasteiger partial charge in [0.2, 0.25) is 5.91 Å². The third-order valence-electron chi connectivity index (χ3n) is 6.01. The van der Waals surface area contributed by atoms with Crippen LogP contribution in [-0.4, -0.2) is 55.5 Å². The number of carboxylic acids is 1. The third kappa shape index (κ3) is 10.9. The molecule has 2 aromatic carbocycles. The van der Waals surface area contributed by atoms with Crippen molar-refractivity contribution in [1.29, 1.82) is 0 Å². The molecule has 0 spiro atoms. The van der Waals surface area contributed by atoms with E-state index in [1.165, 1.54) is 0 Å². The van der Waals surface area contributed by atoms with Gasteiger partial charge >= 0.3 is 5.97 Å². The van der Waals surface area contributed by atoms with Gasteiger partial charge in [-0.3, -0.25) is 14.4 Å². The van der Waals surface area contributed by atoms with E-state index in [4.69, 9.17) is 9.47 Å². The van der Waals surface area contributed by atoms with Gasteiger partial charge in [0.15, 0.2) is 5.78 Å². The molecule has 0 radical (unpaired) electrons. The van der Waals surface area contributed by atoms with Crippen molar-refractivity contribution in [3.63, 3.8) is 0 Å². The van der Waals surface area contributed by atoms with Crippen LogP contribution in [0.3, 0.4) is 0 Å². The molecule has 2 aromatic rings. The summed E-state index contributed by atoms with van der Waals surface area (Å²) < 4.78 is 11.2. The van der Waals surface area contributed by atoms with Gasteiger partial charge < -0.3 is 19.5 Å². The summed E-state index contributed by atoms with van der Waals surface area (Å²) >= 11 is 0. The van der Waals surface area contributed by atoms with Crippen molar-refractivity contribution < 1.29 is 29.0 Å². The van der Waals surface area contributed by atoms with Gasteiger partial charge in [0.1, 0.15) is 11.5 Å². The van der Waals surface area contributed by atoms with Gasteiger partial charge in [-0.1, -0.05) is 36.4 Å². The fourth-order valence-electron chi connectivity index (χ4n) is 3.85. The SMILES string of the molecule is COc1ccc(/C=C/CCCCOc2cccc(C(=O)CCCCC(=O)N(C)C)c2CCC(=O)O)cc1. The van der Waals surface area contributed by atoms with E-state index in [1.54, 1.807) is 44.3 Å². The Kier molecular flexibility index (Phi) is 13.0. The van der Waals surface area contributed by atoms with Crippen LogP contribution in [0.4, 0.5) is 0 Å². The van der Waals surface area contributed by atoms with Gasteiger partial charge in [0, 0.05) is 44.5 Å². The number of unbranched alkanes of at least 4 members (excludes halogenated alkanes) is 3. The average Bonchev–Trinajstić information content (AvgIpc) is 2.89. The lowest BCUT2D eigenvalue weighted by Crippen LogP contribution is -2.21. The second kappa shape index (κ2) is 16.2. The Morgan fingerprint density at radius 2 is 1.65 bits per heavy atom. The number of methoxy groups -OCH3 is 1. The Labute approximate surface area is 220 Å². The lowest BCUT2D eigenvalue weighted by Gasteiger charge is -2.15. The number of carbonyl (C=O) groups excluding carboxylic acids is 2. The van der Waals surface area contributed by atoms with E-state index in [2.05, 4.69) is 12.2 Å². The zero-order valence-corrected chi connectivity index (χ0v) is 22.2. The number of amides is 1. The molecule has 200 valence electrons. The largest absolute Gasteiger partial charge is 0.497 e. The lowest BCUT2D eigenvalue weighted by molar-refractivity contribution is -0.137. The summed E-state index contributed by atoms with van der Waals surface area (Å²) in [7, 11) is 5.08. The second-order valence-corrected chi connectivity index (χ2v) is 9.11. The van der Waals surface area contributed by atoms with Crippen molar-refractivity contribution in [2.75, 3.05) is 27.8 Å². The maximum atomic E-state index is 12.9. The minimum absolute atomic E-state index is 0.0428. The van der Waals surface area contributed by atoms with Crippen molar-refractivity contribution in [1.82, 2.24) is 4.90 Å². The Hall–Kier alpha value is -3.61. The number of aliphatic carboxylic acids is 1. The Balaban J connectivity index is 1.88. The van der Waals surface area contributed by atoms with E-state index in [1.807, 2.05) is 24.3 Å². The van der Waals surface area contributed by atoms with Gasteiger partial charge in [0.05, 0.1) is 13.7 Å². The maximum absolute atomic E-state index is 12.9. The van der Waals surface area contributed by atoms with E-state index in [-0.39, 0.29) is 24.5 Å². The van der Waals surface area contributed by atoms with Gasteiger partial charge in [0.25, 0.3) is 0 Å². The van der Waals surface area contributed by atoms with Crippen LogP contribution < -0.4 is 9.47 Å². The zero-order chi connectivity index (χ0) is 27.0. The molecule has 0 aromatic heterocycles. The summed E-state index contributed by atoms with van der Waals surface area (Å²) in [6.07, 6.45) is 9.02. The summed E-state index contributed by atoms with van der Waals surface area (Å²) in [5, 5.41) is 9.20. The van der Waals surface area contributed by atoms with Gasteiger partial charge in [-0.15, -0.1) is 0 Å². The van der Waals surface area contributed by atoms with Crippen LogP contribution in [0.25, 0.3) is 6.08 Å². The number of rotatable bonds is 17. The molecule has 0 aliphatic carbocycles. The van der Waals surface area contributed by atoms with E-state index in [9.17, 15) is 19.5 Å². The predicted molar refractivity (Wildman–Crippen MR) is 145 cm³/mol. The molecule has 0 bridgehead atoms. The Morgan fingerprint density at radius 1 is 0.919 bits per heavy atom. The molecule has 7 heteroatoms. The number of allylic oxidation sites excluding steroid dienone is 1. The first-order valence-electron chi connectivity index (χ1n) is 12.8. The van der Waals surface area contributed by atoms with Crippen molar-refractivity contribution in [3.8, 4) is 11.5 Å². The molecule has 37 heavy (non-hydrogen) atoms. The minimum atomic E-state index is -0.918. The second-order valence-electron chi connectivity index (χ2n) is 9.11. The summed E-state index contributed by atoms with van der Waals surface area (Å²) in [5.41, 5.74) is 2.28. The van der Waals surface area contributed by atoms with Crippen molar-refractivity contribution >= 4 is 23.7 Å². The molecular formula is C30H39NO6. The van der Waals surface area contributed by atoms with Crippen molar-refractivity contribution in [3.05, 3.63) is 65.2 Å². The predicted octanol–water partition coefficient (Wildman–Crippen LogP) is 5.81. The van der Waals surface area contributed by atoms with Crippen LogP contribution in [0.1, 0.15) is 72.9 Å². The van der Waals surface area contributed by atoms with Gasteiger partial charge in [-0.05, 0) is 62.3 Å². The highest BCUT2D eigenvalue weighted by Gasteiger charge is 2.17. The summed E-state index contributed by atoms with van der Waals surface area (Å²) in [5.74, 6) is 0.482. The molecule has 0 aliphatic rings. The molecule has 0 heterocycles. The maximum Gasteiger partial charge on any atom is 0.303 e. The highest BCUT2D eigenvalue weighted by atomic mass is 16.5. The number of ketones is 1. The highest BCUT2D eigenvalue weighted by Crippen LogP contribution is 2.26. The zero-order valence-electron chi connectivity index (χ0n) is 22.2. The van der Waals surface area contributed by atoms with Crippen LogP contribution in [0.2, 0.25) is 0 Å². The number of ether oxygens (including phenoxy) is 2. The lowest BCUT2D eigenvalue weighted by atomic mass is 9.95. The van der Waals surface area contributed by atoms with E-state index >= 15 is 0 Å². The molecule has 0 aliphatic heterocycles. The summed E-state index contributed by atoms with van der Waals surface area (Å²) in [4.78, 5) is 37.4. The first-order chi connectivity index (χ1) is 17.8. The van der Waals surface area contributed by atoms with Crippen LogP contribution in [0, 0.1) is 0 Å². The number of benzene rings is 2. The van der Waals surface area contributed by atoms with E-state index in [0.717, 1.165) is 30.6 Å². The van der Waals surface area contributed by atoms with Crippen LogP contribution in [-0.2, 0) is 16.0 Å². The Bertz CT molecular complexity index is 1040. The summed E-state index contributed by atoms with van der Waals surface area (Å²) in [6, 6.07) is 13.2. The molecular weight excluding hydrogens is 470 g/mol. The van der Waals surface area contributed by atoms with Crippen LogP contribution in [0.15, 0.2) is 48.5 Å². The standard InChI is InChI=1S/C30H39NO6/c1-31(2)29(33)15-8-7-13-27(32)25-12-10-14-28(26(25)20-21-30(34)35)37-22-9-5-4-6-11-23-16-18-24(36-3)19-17-23/h6,10-12,14,16-19H,4-5,7-9,13,15,20-22H2,1-3H3,(H,34,35)/b11-6+. The molecule has 0 saturated carbocycles. The van der Waals surface area contributed by atoms with E-state index in [0.29, 0.717) is 49.2 Å². The van der Waals surface area contributed by atoms with E-state index < -0.39 is 5.97 Å². The molecule has 0 saturated heterocycles. The molecule has 0 atom stereocenters. The monoisotopic (exact) mass is 509 g/mol. The molecule has 0 fully saturated rings. The quantitative estimate of drug-likeness (QED) is 0.214. The normalized spacial score (nSPS) is 10.9. The molecule has 1 amide bonds. The van der Waals surface area contributed by atoms with Gasteiger partial charge in [-0.2, -0.15) is 0 Å². The third-order valence-corrected chi connectivity index (χ3v) is 6.01. The topological polar surface area (TPSA) is 93.1 Å². The number of carboxylic acid groups (broad SMARTS) is 1. The summed E-state index contributed by atoms with van der Waals surface area (Å²) in [6.45, 7) is 0.487. The number of hydrogen-bond acceptors (Lipinski definition) is 5. The van der Waals surface area contributed by atoms with Crippen LogP contribution in [0.5, 0.6) is 11.5 Å². The van der Waals surface area contributed by atoms with Crippen LogP contribution >= 0.6 is 0 Å². The number of hydrogen-bond donors (Lipinski definition) is 1. The molecule has 0 unspecified atom stereocenters. The Morgan fingerprint density at radius 3 is 2.32 bits per heavy atom. The number of nitrogens with zero attached hydrogens (tertiary/aromatic N) is 1. The first kappa shape index (κ1) is 29.6.